The molecule has 1 aromatic heterocycles. The molecule has 66 valence electrons. The fourth-order valence-electron chi connectivity index (χ4n) is 1.49. The summed E-state index contributed by atoms with van der Waals surface area (Å²) in [6.45, 7) is 0. The van der Waals surface area contributed by atoms with E-state index in [0.717, 1.165) is 11.1 Å². The zero-order valence-electron chi connectivity index (χ0n) is 7.01. The minimum absolute atomic E-state index is 0.364. The summed E-state index contributed by atoms with van der Waals surface area (Å²) >= 11 is 0. The molecule has 5 heteroatoms. The van der Waals surface area contributed by atoms with Crippen LogP contribution in [0.4, 0.5) is 5.69 Å². The second-order valence-corrected chi connectivity index (χ2v) is 2.92. The third-order valence-corrected chi connectivity index (χ3v) is 2.12. The lowest BCUT2D eigenvalue weighted by Crippen LogP contribution is -2.12. The number of hydrogen-bond donors (Lipinski definition) is 0. The number of nitrogens with zero attached hydrogens (tertiary/aromatic N) is 4. The number of pyridine rings is 1. The lowest BCUT2D eigenvalue weighted by atomic mass is 10.0. The molecule has 0 saturated carbocycles. The fourth-order valence-corrected chi connectivity index (χ4v) is 1.49. The van der Waals surface area contributed by atoms with Gasteiger partial charge in [-0.2, -0.15) is 5.11 Å². The van der Waals surface area contributed by atoms with Crippen LogP contribution in [0.2, 0.25) is 0 Å². The predicted molar refractivity (Wildman–Crippen MR) is 49.2 cm³/mol. The number of carbonyl (C=O) groups is 1. The minimum Gasteiger partial charge on any atom is -0.263 e. The summed E-state index contributed by atoms with van der Waals surface area (Å²) in [5.74, 6) is -0.390. The van der Waals surface area contributed by atoms with E-state index in [1.807, 2.05) is 6.07 Å². The van der Waals surface area contributed by atoms with Gasteiger partial charge in [-0.3, -0.25) is 9.78 Å². The van der Waals surface area contributed by atoms with Gasteiger partial charge in [0.25, 0.3) is 0 Å². The highest BCUT2D eigenvalue weighted by Crippen LogP contribution is 2.35. The third-order valence-electron chi connectivity index (χ3n) is 2.12. The molecule has 14 heavy (non-hydrogen) atoms. The molecule has 5 nitrogen and oxygen atoms in total. The topological polar surface area (TPSA) is 67.0 Å². The first-order valence-corrected chi connectivity index (χ1v) is 4.05. The van der Waals surface area contributed by atoms with Gasteiger partial charge in [-0.15, -0.1) is 5.11 Å². The van der Waals surface area contributed by atoms with E-state index in [2.05, 4.69) is 20.2 Å². The van der Waals surface area contributed by atoms with Gasteiger partial charge in [0.2, 0.25) is 0 Å². The van der Waals surface area contributed by atoms with Crippen LogP contribution in [0.15, 0.2) is 39.9 Å². The molecule has 0 bridgehead atoms. The number of rotatable bonds is 0. The molecule has 0 N–H and O–H groups in total. The van der Waals surface area contributed by atoms with Crippen LogP contribution in [-0.2, 0) is 4.79 Å². The summed E-state index contributed by atoms with van der Waals surface area (Å²) in [5, 5.41) is 7.03. The molecule has 1 aromatic rings. The van der Waals surface area contributed by atoms with Crippen molar-refractivity contribution in [1.82, 2.24) is 4.98 Å². The molecule has 0 atom stereocenters. The third kappa shape index (κ3) is 0.806. The van der Waals surface area contributed by atoms with Crippen molar-refractivity contribution in [2.24, 2.45) is 15.2 Å². The molecule has 0 saturated heterocycles. The first-order valence-electron chi connectivity index (χ1n) is 4.05. The predicted octanol–water partition coefficient (Wildman–Crippen LogP) is 1.50. The maximum Gasteiger partial charge on any atom is 0.314 e. The van der Waals surface area contributed by atoms with Gasteiger partial charge in [0.15, 0.2) is 0 Å². The monoisotopic (exact) mass is 184 g/mol. The minimum atomic E-state index is -0.390. The first-order chi connectivity index (χ1) is 6.86. The van der Waals surface area contributed by atoms with Crippen molar-refractivity contribution in [2.75, 3.05) is 0 Å². The quantitative estimate of drug-likeness (QED) is 0.613. The highest BCUT2D eigenvalue weighted by molar-refractivity contribution is 6.58. The average molecular weight is 184 g/mol. The van der Waals surface area contributed by atoms with Crippen molar-refractivity contribution < 1.29 is 4.79 Å². The lowest BCUT2D eigenvalue weighted by molar-refractivity contribution is -0.112. The van der Waals surface area contributed by atoms with Gasteiger partial charge >= 0.3 is 5.91 Å². The van der Waals surface area contributed by atoms with Crippen molar-refractivity contribution in [1.29, 1.82) is 0 Å². The van der Waals surface area contributed by atoms with E-state index in [-0.39, 0.29) is 0 Å². The molecule has 3 heterocycles. The van der Waals surface area contributed by atoms with Gasteiger partial charge in [-0.25, -0.2) is 4.99 Å². The van der Waals surface area contributed by atoms with E-state index in [4.69, 9.17) is 0 Å². The first kappa shape index (κ1) is 7.25. The zero-order valence-corrected chi connectivity index (χ0v) is 7.01. The second-order valence-electron chi connectivity index (χ2n) is 2.92. The summed E-state index contributed by atoms with van der Waals surface area (Å²) in [6.07, 6.45) is 4.83. The number of hydrogen-bond acceptors (Lipinski definition) is 4. The zero-order chi connectivity index (χ0) is 9.54. The maximum absolute atomic E-state index is 11.3. The van der Waals surface area contributed by atoms with Crippen molar-refractivity contribution >= 4 is 22.9 Å². The van der Waals surface area contributed by atoms with Crippen LogP contribution in [-0.4, -0.2) is 16.6 Å². The molecular formula is C9H4N4O. The Morgan fingerprint density at radius 1 is 1.29 bits per heavy atom. The molecule has 2 aliphatic rings. The largest absolute Gasteiger partial charge is 0.314 e. The molecule has 0 aliphatic carbocycles. The van der Waals surface area contributed by atoms with Crippen LogP contribution in [0.5, 0.6) is 0 Å². The summed E-state index contributed by atoms with van der Waals surface area (Å²) in [5.41, 5.74) is 2.70. The van der Waals surface area contributed by atoms with E-state index in [1.54, 1.807) is 18.6 Å². The van der Waals surface area contributed by atoms with Crippen molar-refractivity contribution in [2.45, 2.75) is 0 Å². The number of carbonyl (C=O) groups excluding carboxylic acids is 1. The lowest BCUT2D eigenvalue weighted by Gasteiger charge is -2.01. The number of azo groups is 1. The fraction of sp³-hybridized carbons (Fsp3) is 0. The molecule has 0 unspecified atom stereocenters. The van der Waals surface area contributed by atoms with Crippen LogP contribution >= 0.6 is 0 Å². The smallest absolute Gasteiger partial charge is 0.263 e. The van der Waals surface area contributed by atoms with Gasteiger partial charge in [-0.05, 0) is 6.07 Å². The molecule has 0 fully saturated rings. The molecular weight excluding hydrogens is 180 g/mol. The molecule has 0 aromatic carbocycles. The van der Waals surface area contributed by atoms with Gasteiger partial charge < -0.3 is 0 Å². The summed E-state index contributed by atoms with van der Waals surface area (Å²) < 4.78 is 0. The van der Waals surface area contributed by atoms with Crippen LogP contribution < -0.4 is 0 Å². The standard InChI is InChI=1S/C9H4N4O/c14-9-8-6(3-11-13-9)5-1-2-10-4-7(5)12-8/h1-4H. The van der Waals surface area contributed by atoms with Gasteiger partial charge in [0, 0.05) is 17.3 Å². The SMILES string of the molecule is O=C1N=NC=C2C1=Nc1cnccc12. The van der Waals surface area contributed by atoms with E-state index in [1.165, 1.54) is 0 Å². The molecule has 0 spiro atoms. The normalized spacial score (nSPS) is 17.3. The molecule has 1 amide bonds. The van der Waals surface area contributed by atoms with Crippen LogP contribution in [0.3, 0.4) is 0 Å². The number of aromatic nitrogens is 1. The van der Waals surface area contributed by atoms with Crippen LogP contribution in [0.25, 0.3) is 5.57 Å². The van der Waals surface area contributed by atoms with Gasteiger partial charge in [0.05, 0.1) is 18.1 Å². The Bertz CT molecular complexity index is 527. The Morgan fingerprint density at radius 3 is 3.14 bits per heavy atom. The van der Waals surface area contributed by atoms with Crippen LogP contribution in [0.1, 0.15) is 5.56 Å². The summed E-state index contributed by atoms with van der Waals surface area (Å²) in [7, 11) is 0. The van der Waals surface area contributed by atoms with Gasteiger partial charge in [0.1, 0.15) is 5.71 Å². The van der Waals surface area contributed by atoms with Crippen molar-refractivity contribution in [3.63, 3.8) is 0 Å². The Labute approximate surface area is 78.9 Å². The van der Waals surface area contributed by atoms with Crippen molar-refractivity contribution in [3.05, 3.63) is 30.2 Å². The van der Waals surface area contributed by atoms with Gasteiger partial charge in [-0.1, -0.05) is 0 Å². The van der Waals surface area contributed by atoms with E-state index in [0.29, 0.717) is 11.4 Å². The maximum atomic E-state index is 11.3. The summed E-state index contributed by atoms with van der Waals surface area (Å²) in [4.78, 5) is 19.4. The van der Waals surface area contributed by atoms with E-state index >= 15 is 0 Å². The Hall–Kier alpha value is -2.17. The molecule has 0 radical (unpaired) electrons. The Balaban J connectivity index is 2.29. The summed E-state index contributed by atoms with van der Waals surface area (Å²) in [6, 6.07) is 1.81. The van der Waals surface area contributed by atoms with E-state index in [9.17, 15) is 4.79 Å². The van der Waals surface area contributed by atoms with Crippen molar-refractivity contribution in [3.8, 4) is 0 Å². The molecule has 2 aliphatic heterocycles. The average Bonchev–Trinajstić information content (AvgIpc) is 2.59. The van der Waals surface area contributed by atoms with Crippen LogP contribution in [0, 0.1) is 0 Å². The highest BCUT2D eigenvalue weighted by atomic mass is 16.2. The number of aliphatic imine (C=N–C) groups is 1. The highest BCUT2D eigenvalue weighted by Gasteiger charge is 2.28. The Morgan fingerprint density at radius 2 is 2.21 bits per heavy atom. The number of fused-ring (bicyclic) bond motifs is 3. The number of amides is 1. The molecule has 3 rings (SSSR count). The Kier molecular flexibility index (Phi) is 1.25. The van der Waals surface area contributed by atoms with E-state index < -0.39 is 5.91 Å². The second kappa shape index (κ2) is 2.41.